The maximum absolute atomic E-state index is 3.84. The molecule has 0 unspecified atom stereocenters. The molecule has 17 heavy (non-hydrogen) atoms. The third-order valence-corrected chi connectivity index (χ3v) is 3.85. The number of hydrogen-bond acceptors (Lipinski definition) is 2. The zero-order chi connectivity index (χ0) is 12.9. The van der Waals surface area contributed by atoms with Crippen LogP contribution >= 0.6 is 27.7 Å². The van der Waals surface area contributed by atoms with Crippen LogP contribution < -0.4 is 5.32 Å². The van der Waals surface area contributed by atoms with Crippen molar-refractivity contribution in [1.29, 1.82) is 0 Å². The summed E-state index contributed by atoms with van der Waals surface area (Å²) in [5, 5.41) is 3.49. The van der Waals surface area contributed by atoms with Gasteiger partial charge in [0.15, 0.2) is 0 Å². The van der Waals surface area contributed by atoms with Crippen LogP contribution in [0.15, 0.2) is 40.2 Å². The number of hydrogen-bond donors (Lipinski definition) is 1. The van der Waals surface area contributed by atoms with Crippen LogP contribution in [-0.2, 0) is 6.54 Å². The molecular formula is C14H20BrNS. The van der Waals surface area contributed by atoms with Gasteiger partial charge in [-0.2, -0.15) is 0 Å². The number of rotatable bonds is 5. The first-order valence-electron chi connectivity index (χ1n) is 5.67. The van der Waals surface area contributed by atoms with E-state index in [2.05, 4.69) is 72.9 Å². The summed E-state index contributed by atoms with van der Waals surface area (Å²) in [6, 6.07) is 8.64. The molecule has 0 radical (unpaired) electrons. The van der Waals surface area contributed by atoms with Crippen LogP contribution in [0.25, 0.3) is 0 Å². The van der Waals surface area contributed by atoms with E-state index in [0.717, 1.165) is 16.8 Å². The van der Waals surface area contributed by atoms with Crippen LogP contribution in [0.2, 0.25) is 0 Å². The highest BCUT2D eigenvalue weighted by Gasteiger charge is 2.08. The van der Waals surface area contributed by atoms with Gasteiger partial charge in [0.2, 0.25) is 0 Å². The molecule has 1 aromatic rings. The van der Waals surface area contributed by atoms with Crippen LogP contribution in [-0.4, -0.2) is 11.3 Å². The topological polar surface area (TPSA) is 12.0 Å². The standard InChI is InChI=1S/C14H20BrNS/c1-11(15)10-17-13-7-5-6-12(8-13)9-16-14(2,3)4/h5-8,16H,1,9-10H2,2-4H3. The quantitative estimate of drug-likeness (QED) is 0.799. The first-order chi connectivity index (χ1) is 7.87. The van der Waals surface area contributed by atoms with Crippen LogP contribution in [0.4, 0.5) is 0 Å². The second kappa shape index (κ2) is 6.62. The fourth-order valence-corrected chi connectivity index (χ4v) is 2.35. The smallest absolute Gasteiger partial charge is 0.0292 e. The van der Waals surface area contributed by atoms with Gasteiger partial charge in [0.25, 0.3) is 0 Å². The molecule has 0 bridgehead atoms. The van der Waals surface area contributed by atoms with Gasteiger partial charge in [0.1, 0.15) is 0 Å². The summed E-state index contributed by atoms with van der Waals surface area (Å²) in [5.41, 5.74) is 1.48. The molecule has 0 spiro atoms. The van der Waals surface area contributed by atoms with E-state index in [4.69, 9.17) is 0 Å². The summed E-state index contributed by atoms with van der Waals surface area (Å²) in [7, 11) is 0. The Labute approximate surface area is 117 Å². The molecule has 1 rings (SSSR count). The molecular weight excluding hydrogens is 294 g/mol. The summed E-state index contributed by atoms with van der Waals surface area (Å²) >= 11 is 5.18. The largest absolute Gasteiger partial charge is 0.308 e. The average Bonchev–Trinajstić information content (AvgIpc) is 2.23. The normalized spacial score (nSPS) is 11.5. The molecule has 1 N–H and O–H groups in total. The van der Waals surface area contributed by atoms with E-state index in [1.54, 1.807) is 11.8 Å². The first-order valence-corrected chi connectivity index (χ1v) is 7.45. The molecule has 3 heteroatoms. The van der Waals surface area contributed by atoms with Crippen LogP contribution in [0.3, 0.4) is 0 Å². The molecule has 0 aromatic heterocycles. The zero-order valence-electron chi connectivity index (χ0n) is 10.7. The molecule has 0 heterocycles. The van der Waals surface area contributed by atoms with Gasteiger partial charge < -0.3 is 5.32 Å². The Balaban J connectivity index is 2.56. The van der Waals surface area contributed by atoms with Crippen molar-refractivity contribution in [3.05, 3.63) is 40.9 Å². The number of nitrogens with one attached hydrogen (secondary N) is 1. The summed E-state index contributed by atoms with van der Waals surface area (Å²) in [5.74, 6) is 0.913. The Morgan fingerprint density at radius 3 is 2.71 bits per heavy atom. The first kappa shape index (κ1) is 14.8. The van der Waals surface area contributed by atoms with Gasteiger partial charge in [-0.3, -0.25) is 0 Å². The third-order valence-electron chi connectivity index (χ3n) is 2.12. The van der Waals surface area contributed by atoms with Crippen LogP contribution in [0.5, 0.6) is 0 Å². The molecule has 0 aliphatic heterocycles. The lowest BCUT2D eigenvalue weighted by Crippen LogP contribution is -2.35. The van der Waals surface area contributed by atoms with Gasteiger partial charge in [-0.25, -0.2) is 0 Å². The van der Waals surface area contributed by atoms with Gasteiger partial charge in [0, 0.05) is 22.7 Å². The second-order valence-corrected chi connectivity index (χ2v) is 7.23. The number of benzene rings is 1. The Kier molecular flexibility index (Phi) is 5.77. The Morgan fingerprint density at radius 1 is 1.41 bits per heavy atom. The number of thioether (sulfide) groups is 1. The molecule has 0 amide bonds. The van der Waals surface area contributed by atoms with E-state index in [9.17, 15) is 0 Å². The van der Waals surface area contributed by atoms with Crippen molar-refractivity contribution in [3.63, 3.8) is 0 Å². The van der Waals surface area contributed by atoms with Crippen molar-refractivity contribution >= 4 is 27.7 Å². The highest BCUT2D eigenvalue weighted by atomic mass is 79.9. The number of halogens is 1. The van der Waals surface area contributed by atoms with Gasteiger partial charge in [-0.1, -0.05) is 34.6 Å². The highest BCUT2D eigenvalue weighted by Crippen LogP contribution is 2.23. The molecule has 0 aliphatic rings. The Morgan fingerprint density at radius 2 is 2.12 bits per heavy atom. The Hall–Kier alpha value is -0.250. The minimum atomic E-state index is 0.160. The maximum atomic E-state index is 3.84. The minimum absolute atomic E-state index is 0.160. The van der Waals surface area contributed by atoms with E-state index in [-0.39, 0.29) is 5.54 Å². The van der Waals surface area contributed by atoms with Crippen molar-refractivity contribution in [2.24, 2.45) is 0 Å². The molecule has 1 aromatic carbocycles. The summed E-state index contributed by atoms with van der Waals surface area (Å²) in [6.07, 6.45) is 0. The van der Waals surface area contributed by atoms with Gasteiger partial charge in [0.05, 0.1) is 0 Å². The predicted octanol–water partition coefficient (Wildman–Crippen LogP) is 4.58. The summed E-state index contributed by atoms with van der Waals surface area (Å²) in [6.45, 7) is 11.3. The van der Waals surface area contributed by atoms with Crippen molar-refractivity contribution in [1.82, 2.24) is 5.32 Å². The molecule has 1 nitrogen and oxygen atoms in total. The highest BCUT2D eigenvalue weighted by molar-refractivity contribution is 9.11. The second-order valence-electron chi connectivity index (χ2n) is 5.06. The molecule has 0 saturated heterocycles. The molecule has 0 atom stereocenters. The van der Waals surface area contributed by atoms with Crippen LogP contribution in [0.1, 0.15) is 26.3 Å². The molecule has 94 valence electrons. The van der Waals surface area contributed by atoms with E-state index in [1.165, 1.54) is 10.5 Å². The van der Waals surface area contributed by atoms with Gasteiger partial charge in [-0.15, -0.1) is 11.8 Å². The summed E-state index contributed by atoms with van der Waals surface area (Å²) < 4.78 is 1.03. The van der Waals surface area contributed by atoms with E-state index >= 15 is 0 Å². The van der Waals surface area contributed by atoms with Crippen molar-refractivity contribution in [2.45, 2.75) is 37.8 Å². The lowest BCUT2D eigenvalue weighted by Gasteiger charge is -2.20. The molecule has 0 fully saturated rings. The van der Waals surface area contributed by atoms with Gasteiger partial charge >= 0.3 is 0 Å². The van der Waals surface area contributed by atoms with Crippen LogP contribution in [0, 0.1) is 0 Å². The average molecular weight is 314 g/mol. The molecule has 0 aliphatic carbocycles. The van der Waals surface area contributed by atoms with Crippen molar-refractivity contribution < 1.29 is 0 Å². The summed E-state index contributed by atoms with van der Waals surface area (Å²) in [4.78, 5) is 1.29. The maximum Gasteiger partial charge on any atom is 0.0292 e. The SMILES string of the molecule is C=C(Br)CSc1cccc(CNC(C)(C)C)c1. The third kappa shape index (κ3) is 6.92. The van der Waals surface area contributed by atoms with Crippen molar-refractivity contribution in [3.8, 4) is 0 Å². The fourth-order valence-electron chi connectivity index (χ4n) is 1.27. The lowest BCUT2D eigenvalue weighted by molar-refractivity contribution is 0.424. The zero-order valence-corrected chi connectivity index (χ0v) is 13.1. The molecule has 0 saturated carbocycles. The minimum Gasteiger partial charge on any atom is -0.308 e. The Bertz CT molecular complexity index is 382. The van der Waals surface area contributed by atoms with Gasteiger partial charge in [-0.05, 0) is 42.9 Å². The van der Waals surface area contributed by atoms with E-state index in [0.29, 0.717) is 0 Å². The van der Waals surface area contributed by atoms with E-state index in [1.807, 2.05) is 0 Å². The monoisotopic (exact) mass is 313 g/mol. The fraction of sp³-hybridized carbons (Fsp3) is 0.429. The predicted molar refractivity (Wildman–Crippen MR) is 81.8 cm³/mol. The van der Waals surface area contributed by atoms with E-state index < -0.39 is 0 Å². The lowest BCUT2D eigenvalue weighted by atomic mass is 10.1. The van der Waals surface area contributed by atoms with Crippen molar-refractivity contribution in [2.75, 3.05) is 5.75 Å².